The van der Waals surface area contributed by atoms with E-state index in [4.69, 9.17) is 0 Å². The van der Waals surface area contributed by atoms with Crippen LogP contribution in [0, 0.1) is 5.92 Å². The number of sulfonamides is 1. The van der Waals surface area contributed by atoms with Crippen LogP contribution in [0.2, 0.25) is 0 Å². The third kappa shape index (κ3) is 3.58. The number of aliphatic carboxylic acids is 1. The van der Waals surface area contributed by atoms with Gasteiger partial charge in [0.05, 0.1) is 6.61 Å². The number of aliphatic hydroxyl groups excluding tert-OH is 1. The Morgan fingerprint density at radius 3 is 2.60 bits per heavy atom. The van der Waals surface area contributed by atoms with Gasteiger partial charge in [-0.3, -0.25) is 4.79 Å². The Bertz CT molecular complexity index is 1100. The first-order valence-corrected chi connectivity index (χ1v) is 12.1. The molecule has 0 bridgehead atoms. The Morgan fingerprint density at radius 2 is 1.93 bits per heavy atom. The summed E-state index contributed by atoms with van der Waals surface area (Å²) in [7, 11) is -3.90. The van der Waals surface area contributed by atoms with Gasteiger partial charge in [0.2, 0.25) is 10.0 Å². The van der Waals surface area contributed by atoms with E-state index >= 15 is 0 Å². The highest BCUT2D eigenvalue weighted by Gasteiger charge is 2.70. The molecule has 4 unspecified atom stereocenters. The average molecular weight is 446 g/mol. The molecule has 0 saturated heterocycles. The highest BCUT2D eigenvalue weighted by Crippen LogP contribution is 2.58. The van der Waals surface area contributed by atoms with Gasteiger partial charge in [-0.15, -0.1) is 11.8 Å². The minimum absolute atomic E-state index is 0.0883. The lowest BCUT2D eigenvalue weighted by Gasteiger charge is -2.19. The van der Waals surface area contributed by atoms with E-state index in [1.54, 1.807) is 13.0 Å². The van der Waals surface area contributed by atoms with Crippen LogP contribution in [0.15, 0.2) is 60.7 Å². The highest BCUT2D eigenvalue weighted by atomic mass is 32.3. The Hall–Kier alpha value is -2.13. The fourth-order valence-electron chi connectivity index (χ4n) is 4.24. The monoisotopic (exact) mass is 445 g/mol. The van der Waals surface area contributed by atoms with Crippen molar-refractivity contribution in [2.24, 2.45) is 5.92 Å². The van der Waals surface area contributed by atoms with Crippen molar-refractivity contribution in [2.45, 2.75) is 36.0 Å². The summed E-state index contributed by atoms with van der Waals surface area (Å²) < 4.78 is 28.0. The lowest BCUT2D eigenvalue weighted by molar-refractivity contribution is -0.140. The molecule has 2 aromatic rings. The summed E-state index contributed by atoms with van der Waals surface area (Å²) in [6.45, 7) is 1.68. The van der Waals surface area contributed by atoms with Gasteiger partial charge in [-0.2, -0.15) is 4.72 Å². The molecule has 2 aromatic carbocycles. The molecule has 0 radical (unpaired) electrons. The largest absolute Gasteiger partial charge is 0.480 e. The third-order valence-corrected chi connectivity index (χ3v) is 9.58. The van der Waals surface area contributed by atoms with Gasteiger partial charge >= 0.3 is 5.97 Å². The first kappa shape index (κ1) is 21.1. The van der Waals surface area contributed by atoms with Crippen molar-refractivity contribution in [2.75, 3.05) is 0 Å². The fraction of sp³-hybridized carbons (Fsp3) is 0.318. The second kappa shape index (κ2) is 7.85. The zero-order valence-electron chi connectivity index (χ0n) is 16.4. The molecule has 30 heavy (non-hydrogen) atoms. The summed E-state index contributed by atoms with van der Waals surface area (Å²) in [6.07, 6.45) is 2.14. The predicted molar refractivity (Wildman–Crippen MR) is 117 cm³/mol. The van der Waals surface area contributed by atoms with Crippen LogP contribution in [-0.2, 0) is 21.4 Å². The first-order valence-electron chi connectivity index (χ1n) is 9.67. The van der Waals surface area contributed by atoms with Gasteiger partial charge in [-0.05, 0) is 35.1 Å². The van der Waals surface area contributed by atoms with E-state index in [1.165, 1.54) is 11.8 Å². The van der Waals surface area contributed by atoms with Crippen LogP contribution in [0.3, 0.4) is 0 Å². The number of hydrogen-bond donors (Lipinski definition) is 3. The molecule has 1 aliphatic heterocycles. The molecule has 4 rings (SSSR count). The van der Waals surface area contributed by atoms with E-state index in [1.807, 2.05) is 54.6 Å². The predicted octanol–water partition coefficient (Wildman–Crippen LogP) is 3.16. The Morgan fingerprint density at radius 1 is 1.20 bits per heavy atom. The molecule has 0 spiro atoms. The van der Waals surface area contributed by atoms with Gasteiger partial charge in [-0.1, -0.05) is 61.5 Å². The van der Waals surface area contributed by atoms with Crippen molar-refractivity contribution in [3.63, 3.8) is 0 Å². The molecular formula is C22H23NO5S2. The number of allylic oxidation sites excluding steroid dienone is 1. The normalized spacial score (nSPS) is 28.2. The molecule has 158 valence electrons. The molecule has 0 aromatic heterocycles. The maximum atomic E-state index is 13.1. The van der Waals surface area contributed by atoms with Crippen molar-refractivity contribution in [3.8, 4) is 0 Å². The lowest BCUT2D eigenvalue weighted by atomic mass is 10.1. The summed E-state index contributed by atoms with van der Waals surface area (Å²) in [6, 6.07) is 16.5. The topological polar surface area (TPSA) is 104 Å². The van der Waals surface area contributed by atoms with Crippen LogP contribution >= 0.6 is 11.8 Å². The molecule has 6 nitrogen and oxygen atoms in total. The molecule has 4 atom stereocenters. The molecule has 3 N–H and O–H groups in total. The Kier molecular flexibility index (Phi) is 5.52. The van der Waals surface area contributed by atoms with Crippen LogP contribution in [-0.4, -0.2) is 34.7 Å². The SMILES string of the molecule is CC1C(c2ccccc2)C1(NS(=O)(=O)C1CC=C(c2cccc(CO)c2)S1)C(=O)O. The standard InChI is InChI=1S/C22H23NO5S2/c1-14-20(16-7-3-2-4-8-16)22(14,21(25)26)23-30(27,28)19-11-10-18(29-19)17-9-5-6-15(12-17)13-24/h2-10,12,14,19-20,23-24H,11,13H2,1H3,(H,25,26). The van der Waals surface area contributed by atoms with Gasteiger partial charge in [0, 0.05) is 10.8 Å². The van der Waals surface area contributed by atoms with Crippen LogP contribution in [0.4, 0.5) is 0 Å². The molecule has 1 fully saturated rings. The maximum Gasteiger partial charge on any atom is 0.325 e. The Labute approximate surface area is 180 Å². The van der Waals surface area contributed by atoms with E-state index in [2.05, 4.69) is 4.72 Å². The number of carbonyl (C=O) groups is 1. The van der Waals surface area contributed by atoms with Crippen molar-refractivity contribution < 1.29 is 23.4 Å². The molecule has 8 heteroatoms. The van der Waals surface area contributed by atoms with Crippen molar-refractivity contribution >= 4 is 32.7 Å². The summed E-state index contributed by atoms with van der Waals surface area (Å²) >= 11 is 1.20. The summed E-state index contributed by atoms with van der Waals surface area (Å²) in [4.78, 5) is 13.0. The number of thioether (sulfide) groups is 1. The quantitative estimate of drug-likeness (QED) is 0.605. The van der Waals surface area contributed by atoms with Crippen LogP contribution in [0.5, 0.6) is 0 Å². The summed E-state index contributed by atoms with van der Waals surface area (Å²) in [5, 5.41) is 19.3. The van der Waals surface area contributed by atoms with Crippen molar-refractivity contribution in [1.82, 2.24) is 4.72 Å². The number of carboxylic acid groups (broad SMARTS) is 1. The minimum Gasteiger partial charge on any atom is -0.480 e. The second-order valence-electron chi connectivity index (χ2n) is 7.71. The smallest absolute Gasteiger partial charge is 0.325 e. The molecule has 0 amide bonds. The third-order valence-electron chi connectivity index (χ3n) is 5.92. The van der Waals surface area contributed by atoms with E-state index in [9.17, 15) is 23.4 Å². The summed E-state index contributed by atoms with van der Waals surface area (Å²) in [5.74, 6) is -1.92. The zero-order valence-corrected chi connectivity index (χ0v) is 18.0. The van der Waals surface area contributed by atoms with Crippen LogP contribution < -0.4 is 4.72 Å². The van der Waals surface area contributed by atoms with Crippen LogP contribution in [0.25, 0.3) is 4.91 Å². The van der Waals surface area contributed by atoms with Crippen LogP contribution in [0.1, 0.15) is 36.0 Å². The van der Waals surface area contributed by atoms with Gasteiger partial charge in [-0.25, -0.2) is 8.42 Å². The number of carboxylic acids is 1. The molecule has 2 aliphatic rings. The highest BCUT2D eigenvalue weighted by molar-refractivity contribution is 8.18. The van der Waals surface area contributed by atoms with E-state index in [0.717, 1.165) is 21.6 Å². The van der Waals surface area contributed by atoms with Gasteiger partial charge in [0.15, 0.2) is 0 Å². The average Bonchev–Trinajstić information content (AvgIpc) is 3.08. The van der Waals surface area contributed by atoms with Gasteiger partial charge in [0.25, 0.3) is 0 Å². The number of hydrogen-bond acceptors (Lipinski definition) is 5. The second-order valence-corrected chi connectivity index (χ2v) is 11.1. The van der Waals surface area contributed by atoms with Gasteiger partial charge < -0.3 is 10.2 Å². The molecule has 1 saturated carbocycles. The number of benzene rings is 2. The minimum atomic E-state index is -3.90. The summed E-state index contributed by atoms with van der Waals surface area (Å²) in [5.41, 5.74) is 0.883. The number of rotatable bonds is 7. The van der Waals surface area contributed by atoms with Crippen molar-refractivity contribution in [1.29, 1.82) is 0 Å². The number of nitrogens with one attached hydrogen (secondary N) is 1. The molecular weight excluding hydrogens is 422 g/mol. The first-order chi connectivity index (χ1) is 14.3. The maximum absolute atomic E-state index is 13.1. The lowest BCUT2D eigenvalue weighted by Crippen LogP contribution is -2.48. The zero-order chi connectivity index (χ0) is 21.5. The Balaban J connectivity index is 1.54. The number of aliphatic hydroxyl groups is 1. The fourth-order valence-corrected chi connectivity index (χ4v) is 7.49. The molecule has 1 aliphatic carbocycles. The molecule has 1 heterocycles. The van der Waals surface area contributed by atoms with E-state index in [-0.39, 0.29) is 12.5 Å². The van der Waals surface area contributed by atoms with Gasteiger partial charge in [0.1, 0.15) is 10.1 Å². The van der Waals surface area contributed by atoms with E-state index in [0.29, 0.717) is 6.42 Å². The van der Waals surface area contributed by atoms with Crippen molar-refractivity contribution in [3.05, 3.63) is 77.4 Å². The van der Waals surface area contributed by atoms with E-state index < -0.39 is 32.0 Å².